The number of hydrogen-bond acceptors (Lipinski definition) is 2. The summed E-state index contributed by atoms with van der Waals surface area (Å²) in [6.07, 6.45) is 5.41. The van der Waals surface area contributed by atoms with Gasteiger partial charge in [-0.2, -0.15) is 0 Å². The van der Waals surface area contributed by atoms with Crippen LogP contribution in [0.2, 0.25) is 24.2 Å². The summed E-state index contributed by atoms with van der Waals surface area (Å²) < 4.78 is 0. The lowest BCUT2D eigenvalue weighted by Gasteiger charge is -2.44. The molecule has 0 amide bonds. The molecule has 6 aliphatic rings. The monoisotopic (exact) mass is 858 g/mol. The first kappa shape index (κ1) is 37.4. The molecule has 2 spiro atoms. The largest absolute Gasteiger partial charge is 0.311 e. The number of rotatable bonds is 2. The van der Waals surface area contributed by atoms with Crippen molar-refractivity contribution in [3.8, 4) is 22.3 Å². The standard InChI is InChI=1S/C60H54N2Si2/c1-59(2)45-31-32-46-58-44(42-28-26-40(38-48(42)60(46,3)4)62-51-19-7-11-23-55(51)64(35-15-16-36-64)56-24-12-8-20-52(56)62)30-29-43(57(45)58)41-27-25-39(37-47(41)59)61-49-17-5-9-21-53(49)63(33-13-14-34-63)54-22-10-6-18-50(54)61/h5-12,17-32,37-38H,13-16,33-36H2,1-4H3. The highest BCUT2D eigenvalue weighted by atomic mass is 28.3. The van der Waals surface area contributed by atoms with Crippen molar-refractivity contribution in [2.75, 3.05) is 9.80 Å². The van der Waals surface area contributed by atoms with Crippen molar-refractivity contribution in [1.82, 2.24) is 0 Å². The first-order chi connectivity index (χ1) is 31.2. The van der Waals surface area contributed by atoms with Crippen molar-refractivity contribution in [2.45, 2.75) is 88.4 Å². The molecule has 8 aromatic rings. The van der Waals surface area contributed by atoms with E-state index in [0.29, 0.717) is 0 Å². The molecule has 8 aromatic carbocycles. The smallest absolute Gasteiger partial charge is 0.123 e. The zero-order valence-corrected chi connectivity index (χ0v) is 39.6. The SMILES string of the molecule is CC1(C)c2cc(N3c4ccccc4[Si]4(CCCC4)c4ccccc43)ccc2-c2ccc3c4c(ccc1c24)C(C)(C)c1cc(N2c4ccccc4[Si]4(CCCC4)c4ccccc42)ccc1-3. The molecular weight excluding hydrogens is 805 g/mol. The normalized spacial score (nSPS) is 19.2. The van der Waals surface area contributed by atoms with Crippen molar-refractivity contribution in [2.24, 2.45) is 0 Å². The van der Waals surface area contributed by atoms with E-state index in [1.54, 1.807) is 20.7 Å². The molecular formula is C60H54N2Si2. The molecule has 0 atom stereocenters. The van der Waals surface area contributed by atoms with E-state index in [0.717, 1.165) is 0 Å². The Morgan fingerprint density at radius 3 is 1.00 bits per heavy atom. The van der Waals surface area contributed by atoms with Gasteiger partial charge < -0.3 is 9.80 Å². The minimum Gasteiger partial charge on any atom is -0.311 e. The molecule has 4 heteroatoms. The molecule has 0 radical (unpaired) electrons. The third-order valence-corrected chi connectivity index (χ3v) is 28.2. The second-order valence-electron chi connectivity index (χ2n) is 21.1. The molecule has 0 unspecified atom stereocenters. The molecule has 0 aromatic heterocycles. The van der Waals surface area contributed by atoms with E-state index in [2.05, 4.69) is 195 Å². The lowest BCUT2D eigenvalue weighted by atomic mass is 9.63. The Hall–Kier alpha value is -5.95. The van der Waals surface area contributed by atoms with Crippen LogP contribution in [0.15, 0.2) is 158 Å². The molecule has 0 saturated carbocycles. The van der Waals surface area contributed by atoms with Gasteiger partial charge in [0.15, 0.2) is 0 Å². The molecule has 312 valence electrons. The van der Waals surface area contributed by atoms with E-state index in [1.165, 1.54) is 139 Å². The number of fused-ring (bicyclic) bond motifs is 12. The molecule has 2 saturated heterocycles. The van der Waals surface area contributed by atoms with E-state index in [4.69, 9.17) is 0 Å². The minimum absolute atomic E-state index is 0.199. The van der Waals surface area contributed by atoms with Crippen LogP contribution in [-0.2, 0) is 10.8 Å². The predicted octanol–water partition coefficient (Wildman–Crippen LogP) is 13.7. The second-order valence-corrected chi connectivity index (χ2v) is 29.6. The van der Waals surface area contributed by atoms with E-state index in [-0.39, 0.29) is 10.8 Å². The Bertz CT molecular complexity index is 3010. The van der Waals surface area contributed by atoms with Crippen LogP contribution in [0.4, 0.5) is 34.1 Å². The summed E-state index contributed by atoms with van der Waals surface area (Å²) in [4.78, 5) is 5.22. The van der Waals surface area contributed by atoms with E-state index in [1.807, 2.05) is 0 Å². The average molecular weight is 859 g/mol. The van der Waals surface area contributed by atoms with Gasteiger partial charge in [0.2, 0.25) is 0 Å². The Kier molecular flexibility index (Phi) is 7.52. The van der Waals surface area contributed by atoms with Crippen molar-refractivity contribution in [1.29, 1.82) is 0 Å². The van der Waals surface area contributed by atoms with Gasteiger partial charge in [-0.15, -0.1) is 0 Å². The highest BCUT2D eigenvalue weighted by Crippen LogP contribution is 2.58. The lowest BCUT2D eigenvalue weighted by molar-refractivity contribution is 0.633. The highest BCUT2D eigenvalue weighted by molar-refractivity contribution is 7.05. The summed E-state index contributed by atoms with van der Waals surface area (Å²) in [5, 5.41) is 9.41. The summed E-state index contributed by atoms with van der Waals surface area (Å²) in [7, 11) is -3.62. The summed E-state index contributed by atoms with van der Waals surface area (Å²) >= 11 is 0. The lowest BCUT2D eigenvalue weighted by Crippen LogP contribution is -2.60. The van der Waals surface area contributed by atoms with Crippen LogP contribution in [0, 0.1) is 0 Å². The summed E-state index contributed by atoms with van der Waals surface area (Å²) in [5.41, 5.74) is 18.9. The van der Waals surface area contributed by atoms with Gasteiger partial charge in [-0.1, -0.05) is 163 Å². The van der Waals surface area contributed by atoms with Crippen LogP contribution in [0.5, 0.6) is 0 Å². The van der Waals surface area contributed by atoms with E-state index in [9.17, 15) is 0 Å². The number of benzene rings is 8. The topological polar surface area (TPSA) is 6.48 Å². The maximum atomic E-state index is 2.61. The maximum Gasteiger partial charge on any atom is 0.123 e. The zero-order valence-electron chi connectivity index (χ0n) is 37.6. The van der Waals surface area contributed by atoms with Gasteiger partial charge in [0.05, 0.1) is 0 Å². The second kappa shape index (κ2) is 12.9. The van der Waals surface area contributed by atoms with Crippen molar-refractivity contribution in [3.05, 3.63) is 180 Å². The first-order valence-corrected chi connectivity index (χ1v) is 28.9. The van der Waals surface area contributed by atoms with Gasteiger partial charge in [0.25, 0.3) is 0 Å². The summed E-state index contributed by atoms with van der Waals surface area (Å²) in [6, 6.07) is 68.0. The first-order valence-electron chi connectivity index (χ1n) is 24.1. The average Bonchev–Trinajstić information content (AvgIpc) is 4.03. The molecule has 4 aliphatic heterocycles. The fourth-order valence-electron chi connectivity index (χ4n) is 14.6. The predicted molar refractivity (Wildman–Crippen MR) is 276 cm³/mol. The maximum absolute atomic E-state index is 2.61. The Morgan fingerprint density at radius 2 is 0.656 bits per heavy atom. The van der Waals surface area contributed by atoms with Crippen LogP contribution in [0.25, 0.3) is 33.0 Å². The third kappa shape index (κ3) is 4.61. The number of anilines is 6. The zero-order chi connectivity index (χ0) is 42.7. The van der Waals surface area contributed by atoms with E-state index >= 15 is 0 Å². The Morgan fingerprint density at radius 1 is 0.344 bits per heavy atom. The summed E-state index contributed by atoms with van der Waals surface area (Å²) in [6.45, 7) is 9.90. The molecule has 0 N–H and O–H groups in total. The van der Waals surface area contributed by atoms with Crippen molar-refractivity contribution >= 4 is 81.8 Å². The summed E-state index contributed by atoms with van der Waals surface area (Å²) in [5.74, 6) is 0. The highest BCUT2D eigenvalue weighted by Gasteiger charge is 2.49. The van der Waals surface area contributed by atoms with Gasteiger partial charge in [0.1, 0.15) is 16.1 Å². The van der Waals surface area contributed by atoms with Crippen molar-refractivity contribution < 1.29 is 0 Å². The van der Waals surface area contributed by atoms with Gasteiger partial charge in [-0.3, -0.25) is 0 Å². The van der Waals surface area contributed by atoms with Gasteiger partial charge >= 0.3 is 0 Å². The molecule has 2 aliphatic carbocycles. The van der Waals surface area contributed by atoms with Gasteiger partial charge in [0, 0.05) is 45.0 Å². The fraction of sp³-hybridized carbons (Fsp3) is 0.233. The van der Waals surface area contributed by atoms with Crippen LogP contribution in [0.3, 0.4) is 0 Å². The van der Waals surface area contributed by atoms with Crippen LogP contribution in [0.1, 0.15) is 75.6 Å². The fourth-order valence-corrected chi connectivity index (χ4v) is 25.6. The third-order valence-electron chi connectivity index (χ3n) is 17.5. The Balaban J connectivity index is 0.920. The Labute approximate surface area is 380 Å². The van der Waals surface area contributed by atoms with Gasteiger partial charge in [-0.25, -0.2) is 0 Å². The number of hydrogen-bond donors (Lipinski definition) is 0. The molecule has 0 bridgehead atoms. The molecule has 64 heavy (non-hydrogen) atoms. The van der Waals surface area contributed by atoms with Crippen LogP contribution >= 0.6 is 0 Å². The quantitative estimate of drug-likeness (QED) is 0.160. The van der Waals surface area contributed by atoms with Crippen LogP contribution < -0.4 is 30.5 Å². The van der Waals surface area contributed by atoms with Gasteiger partial charge in [-0.05, 0) is 149 Å². The minimum atomic E-state index is -1.81. The molecule has 4 heterocycles. The molecule has 2 nitrogen and oxygen atoms in total. The molecule has 14 rings (SSSR count). The van der Waals surface area contributed by atoms with Crippen LogP contribution in [-0.4, -0.2) is 16.1 Å². The van der Waals surface area contributed by atoms with E-state index < -0.39 is 16.1 Å². The van der Waals surface area contributed by atoms with Crippen molar-refractivity contribution in [3.63, 3.8) is 0 Å². The number of para-hydroxylation sites is 4. The number of nitrogens with zero attached hydrogens (tertiary/aromatic N) is 2. The molecule has 2 fully saturated rings.